The number of hydrogen-bond donors (Lipinski definition) is 1. The minimum Gasteiger partial charge on any atom is -0.493 e. The summed E-state index contributed by atoms with van der Waals surface area (Å²) < 4.78 is 7.28. The summed E-state index contributed by atoms with van der Waals surface area (Å²) in [5, 5.41) is 14.0. The van der Waals surface area contributed by atoms with Gasteiger partial charge < -0.3 is 9.84 Å². The van der Waals surface area contributed by atoms with E-state index in [4.69, 9.17) is 4.74 Å². The predicted molar refractivity (Wildman–Crippen MR) is 69.5 cm³/mol. The second-order valence-corrected chi connectivity index (χ2v) is 4.42. The maximum Gasteiger partial charge on any atom is 0.119 e. The largest absolute Gasteiger partial charge is 0.493 e. The van der Waals surface area contributed by atoms with E-state index in [1.54, 1.807) is 10.9 Å². The smallest absolute Gasteiger partial charge is 0.119 e. The van der Waals surface area contributed by atoms with Crippen LogP contribution in [0, 0.1) is 6.92 Å². The highest BCUT2D eigenvalue weighted by Gasteiger charge is 2.09. The zero-order chi connectivity index (χ0) is 13.0. The topological polar surface area (TPSA) is 47.3 Å². The lowest BCUT2D eigenvalue weighted by Gasteiger charge is -2.10. The van der Waals surface area contributed by atoms with Gasteiger partial charge in [0.25, 0.3) is 0 Å². The first kappa shape index (κ1) is 12.6. The number of aryl methyl sites for hydroxylation is 2. The van der Waals surface area contributed by atoms with Crippen molar-refractivity contribution >= 4 is 0 Å². The van der Waals surface area contributed by atoms with E-state index in [2.05, 4.69) is 5.10 Å². The van der Waals surface area contributed by atoms with Crippen molar-refractivity contribution in [1.82, 2.24) is 9.78 Å². The van der Waals surface area contributed by atoms with Gasteiger partial charge in [0.1, 0.15) is 5.75 Å². The van der Waals surface area contributed by atoms with Crippen molar-refractivity contribution in [3.05, 3.63) is 47.8 Å². The second-order valence-electron chi connectivity index (χ2n) is 4.42. The summed E-state index contributed by atoms with van der Waals surface area (Å²) in [7, 11) is 1.83. The summed E-state index contributed by atoms with van der Waals surface area (Å²) in [6.45, 7) is 2.51. The van der Waals surface area contributed by atoms with Crippen LogP contribution < -0.4 is 4.74 Å². The molecule has 0 fully saturated rings. The summed E-state index contributed by atoms with van der Waals surface area (Å²) in [5.74, 6) is 0.841. The van der Waals surface area contributed by atoms with Crippen molar-refractivity contribution in [2.24, 2.45) is 7.05 Å². The Bertz CT molecular complexity index is 508. The minimum absolute atomic E-state index is 0.486. The number of ether oxygens (including phenoxy) is 1. The van der Waals surface area contributed by atoms with E-state index < -0.39 is 6.10 Å². The molecule has 0 saturated heterocycles. The van der Waals surface area contributed by atoms with E-state index in [0.717, 1.165) is 11.3 Å². The molecule has 4 heteroatoms. The Hall–Kier alpha value is -1.81. The van der Waals surface area contributed by atoms with Gasteiger partial charge in [0, 0.05) is 25.2 Å². The lowest BCUT2D eigenvalue weighted by atomic mass is 10.1. The minimum atomic E-state index is -0.525. The van der Waals surface area contributed by atoms with E-state index in [1.165, 1.54) is 5.56 Å². The van der Waals surface area contributed by atoms with Gasteiger partial charge in [0.15, 0.2) is 0 Å². The molecule has 0 aliphatic carbocycles. The molecule has 0 amide bonds. The van der Waals surface area contributed by atoms with Crippen LogP contribution in [0.2, 0.25) is 0 Å². The molecule has 0 bridgehead atoms. The number of aliphatic hydroxyl groups is 1. The Morgan fingerprint density at radius 1 is 1.44 bits per heavy atom. The molecule has 0 radical (unpaired) electrons. The Labute approximate surface area is 107 Å². The number of aromatic nitrogens is 2. The number of nitrogens with zero attached hydrogens (tertiary/aromatic N) is 2. The lowest BCUT2D eigenvalue weighted by molar-refractivity contribution is 0.140. The second kappa shape index (κ2) is 5.69. The molecule has 4 nitrogen and oxygen atoms in total. The molecule has 2 rings (SSSR count). The first-order valence-corrected chi connectivity index (χ1v) is 6.01. The highest BCUT2D eigenvalue weighted by Crippen LogP contribution is 2.17. The van der Waals surface area contributed by atoms with Crippen LogP contribution >= 0.6 is 0 Å². The maximum absolute atomic E-state index is 9.93. The Kier molecular flexibility index (Phi) is 3.99. The third-order valence-electron chi connectivity index (χ3n) is 2.76. The van der Waals surface area contributed by atoms with Crippen molar-refractivity contribution in [2.45, 2.75) is 19.4 Å². The van der Waals surface area contributed by atoms with Gasteiger partial charge in [-0.1, -0.05) is 12.1 Å². The molecule has 2 aromatic rings. The molecule has 0 aliphatic rings. The third-order valence-corrected chi connectivity index (χ3v) is 2.76. The average molecular weight is 246 g/mol. The Morgan fingerprint density at radius 2 is 2.28 bits per heavy atom. The number of hydrogen-bond acceptors (Lipinski definition) is 3. The molecule has 1 unspecified atom stereocenters. The van der Waals surface area contributed by atoms with Gasteiger partial charge in [-0.05, 0) is 24.6 Å². The van der Waals surface area contributed by atoms with Crippen molar-refractivity contribution in [3.63, 3.8) is 0 Å². The Balaban J connectivity index is 1.82. The van der Waals surface area contributed by atoms with Crippen molar-refractivity contribution < 1.29 is 9.84 Å². The fourth-order valence-electron chi connectivity index (χ4n) is 1.77. The molecule has 1 heterocycles. The van der Waals surface area contributed by atoms with Crippen LogP contribution in [0.3, 0.4) is 0 Å². The molecule has 96 valence electrons. The zero-order valence-electron chi connectivity index (χ0n) is 10.7. The highest BCUT2D eigenvalue weighted by atomic mass is 16.5. The van der Waals surface area contributed by atoms with E-state index in [0.29, 0.717) is 13.0 Å². The molecule has 1 aromatic carbocycles. The molecule has 1 aromatic heterocycles. The Morgan fingerprint density at radius 3 is 2.94 bits per heavy atom. The normalized spacial score (nSPS) is 12.4. The van der Waals surface area contributed by atoms with Crippen LogP contribution in [0.5, 0.6) is 5.75 Å². The van der Waals surface area contributed by atoms with Gasteiger partial charge in [-0.25, -0.2) is 0 Å². The highest BCUT2D eigenvalue weighted by molar-refractivity contribution is 5.27. The summed E-state index contributed by atoms with van der Waals surface area (Å²) in [6.07, 6.45) is 3.53. The summed E-state index contributed by atoms with van der Waals surface area (Å²) in [5.41, 5.74) is 1.99. The van der Waals surface area contributed by atoms with Crippen LogP contribution in [-0.4, -0.2) is 21.5 Å². The van der Waals surface area contributed by atoms with Gasteiger partial charge in [-0.2, -0.15) is 5.10 Å². The first-order valence-electron chi connectivity index (χ1n) is 6.01. The van der Waals surface area contributed by atoms with Gasteiger partial charge in [0.2, 0.25) is 0 Å². The van der Waals surface area contributed by atoms with Gasteiger partial charge >= 0.3 is 0 Å². The van der Waals surface area contributed by atoms with Crippen LogP contribution in [0.4, 0.5) is 0 Å². The van der Waals surface area contributed by atoms with Gasteiger partial charge in [-0.15, -0.1) is 0 Å². The zero-order valence-corrected chi connectivity index (χ0v) is 10.7. The molecule has 18 heavy (non-hydrogen) atoms. The first-order chi connectivity index (χ1) is 8.65. The average Bonchev–Trinajstić information content (AvgIpc) is 2.76. The van der Waals surface area contributed by atoms with Crippen LogP contribution in [-0.2, 0) is 7.05 Å². The number of aliphatic hydroxyl groups excluding tert-OH is 1. The lowest BCUT2D eigenvalue weighted by Crippen LogP contribution is -2.04. The molecular weight excluding hydrogens is 228 g/mol. The van der Waals surface area contributed by atoms with E-state index >= 15 is 0 Å². The van der Waals surface area contributed by atoms with Gasteiger partial charge in [0.05, 0.1) is 18.9 Å². The monoisotopic (exact) mass is 246 g/mol. The molecule has 1 N–H and O–H groups in total. The van der Waals surface area contributed by atoms with Gasteiger partial charge in [-0.3, -0.25) is 4.68 Å². The van der Waals surface area contributed by atoms with Crippen LogP contribution in [0.15, 0.2) is 36.7 Å². The summed E-state index contributed by atoms with van der Waals surface area (Å²) in [4.78, 5) is 0. The fourth-order valence-corrected chi connectivity index (χ4v) is 1.77. The fraction of sp³-hybridized carbons (Fsp3) is 0.357. The molecule has 0 spiro atoms. The molecule has 1 atom stereocenters. The molecule has 0 aliphatic heterocycles. The van der Waals surface area contributed by atoms with E-state index in [1.807, 2.05) is 44.4 Å². The SMILES string of the molecule is Cc1cccc(OCCC(O)c2cnn(C)c2)c1. The van der Waals surface area contributed by atoms with E-state index in [9.17, 15) is 5.11 Å². The van der Waals surface area contributed by atoms with Crippen molar-refractivity contribution in [1.29, 1.82) is 0 Å². The van der Waals surface area contributed by atoms with E-state index in [-0.39, 0.29) is 0 Å². The predicted octanol–water partition coefficient (Wildman–Crippen LogP) is 2.23. The number of rotatable bonds is 5. The molecule has 0 saturated carbocycles. The number of benzene rings is 1. The summed E-state index contributed by atoms with van der Waals surface area (Å²) in [6, 6.07) is 7.89. The quantitative estimate of drug-likeness (QED) is 0.880. The summed E-state index contributed by atoms with van der Waals surface area (Å²) >= 11 is 0. The standard InChI is InChI=1S/C14H18N2O2/c1-11-4-3-5-13(8-11)18-7-6-14(17)12-9-15-16(2)10-12/h3-5,8-10,14,17H,6-7H2,1-2H3. The van der Waals surface area contributed by atoms with Crippen LogP contribution in [0.25, 0.3) is 0 Å². The van der Waals surface area contributed by atoms with Crippen molar-refractivity contribution in [2.75, 3.05) is 6.61 Å². The maximum atomic E-state index is 9.93. The van der Waals surface area contributed by atoms with Crippen molar-refractivity contribution in [3.8, 4) is 5.75 Å². The third kappa shape index (κ3) is 3.34. The van der Waals surface area contributed by atoms with Crippen LogP contribution in [0.1, 0.15) is 23.7 Å². The molecular formula is C14H18N2O2.